The highest BCUT2D eigenvalue weighted by Crippen LogP contribution is 2.04. The van der Waals surface area contributed by atoms with Crippen molar-refractivity contribution in [1.29, 1.82) is 0 Å². The molecule has 0 spiro atoms. The Hall–Kier alpha value is -1.56. The molecule has 0 heteroatoms. The minimum Gasteiger partial charge on any atom is -0.0876 e. The summed E-state index contributed by atoms with van der Waals surface area (Å²) in [6, 6.07) is 4.48. The largest absolute Gasteiger partial charge is 0.0876 e. The minimum absolute atomic E-state index is 1.28. The fourth-order valence-corrected chi connectivity index (χ4v) is 1.72. The Morgan fingerprint density at radius 3 is 2.25 bits per heavy atom. The first-order chi connectivity index (χ1) is 7.72. The summed E-state index contributed by atoms with van der Waals surface area (Å²) >= 11 is 0. The fourth-order valence-electron chi connectivity index (χ4n) is 1.72. The Labute approximate surface area is 98.3 Å². The van der Waals surface area contributed by atoms with Crippen LogP contribution in [0.4, 0.5) is 0 Å². The first-order valence-electron chi connectivity index (χ1n) is 5.75. The smallest absolute Gasteiger partial charge is 0.0184 e. The molecule has 0 amide bonds. The molecule has 0 bridgehead atoms. The standard InChI is InChI=1S/C16H20/c1-5-8-10-16-11-13(4)15(9-6-2)12-14(16)7-3/h5-12H,1-4H3/b8-5-,9-6-,14-7-,16-10-. The van der Waals surface area contributed by atoms with E-state index < -0.39 is 0 Å². The van der Waals surface area contributed by atoms with Gasteiger partial charge in [0.1, 0.15) is 0 Å². The van der Waals surface area contributed by atoms with Gasteiger partial charge in [-0.05, 0) is 55.3 Å². The summed E-state index contributed by atoms with van der Waals surface area (Å²) in [6.07, 6.45) is 12.7. The van der Waals surface area contributed by atoms with Gasteiger partial charge in [0.05, 0.1) is 0 Å². The molecule has 0 radical (unpaired) electrons. The van der Waals surface area contributed by atoms with Gasteiger partial charge in [0.15, 0.2) is 0 Å². The molecule has 1 aromatic carbocycles. The Bertz CT molecular complexity index is 514. The van der Waals surface area contributed by atoms with Crippen LogP contribution in [-0.4, -0.2) is 0 Å². The molecular formula is C16H20. The van der Waals surface area contributed by atoms with Crippen molar-refractivity contribution in [3.05, 3.63) is 51.9 Å². The van der Waals surface area contributed by atoms with E-state index >= 15 is 0 Å². The zero-order valence-electron chi connectivity index (χ0n) is 10.6. The van der Waals surface area contributed by atoms with Gasteiger partial charge in [-0.3, -0.25) is 0 Å². The monoisotopic (exact) mass is 212 g/mol. The minimum atomic E-state index is 1.28. The average Bonchev–Trinajstić information content (AvgIpc) is 2.29. The summed E-state index contributed by atoms with van der Waals surface area (Å²) in [5.41, 5.74) is 2.62. The van der Waals surface area contributed by atoms with Gasteiger partial charge < -0.3 is 0 Å². The summed E-state index contributed by atoms with van der Waals surface area (Å²) in [5, 5.41) is 2.57. The van der Waals surface area contributed by atoms with Gasteiger partial charge >= 0.3 is 0 Å². The highest BCUT2D eigenvalue weighted by atomic mass is 14.0. The first kappa shape index (κ1) is 12.5. The van der Waals surface area contributed by atoms with Crippen LogP contribution >= 0.6 is 0 Å². The Morgan fingerprint density at radius 1 is 0.938 bits per heavy atom. The van der Waals surface area contributed by atoms with E-state index in [1.807, 2.05) is 6.92 Å². The van der Waals surface area contributed by atoms with Crippen LogP contribution in [0.5, 0.6) is 0 Å². The lowest BCUT2D eigenvalue weighted by molar-refractivity contribution is 1.37. The molecule has 0 nitrogen and oxygen atoms in total. The van der Waals surface area contributed by atoms with Crippen molar-refractivity contribution >= 4 is 18.2 Å². The summed E-state index contributed by atoms with van der Waals surface area (Å²) in [5.74, 6) is 0. The van der Waals surface area contributed by atoms with Gasteiger partial charge in [0, 0.05) is 0 Å². The summed E-state index contributed by atoms with van der Waals surface area (Å²) in [4.78, 5) is 0. The molecule has 16 heavy (non-hydrogen) atoms. The molecule has 0 atom stereocenters. The number of hydrogen-bond donors (Lipinski definition) is 0. The molecule has 0 saturated carbocycles. The average molecular weight is 212 g/mol. The van der Waals surface area contributed by atoms with E-state index in [2.05, 4.69) is 69.4 Å². The molecule has 0 aliphatic heterocycles. The number of allylic oxidation sites excluding steroid dienone is 3. The molecule has 0 heterocycles. The van der Waals surface area contributed by atoms with Crippen LogP contribution in [0, 0.1) is 6.92 Å². The third kappa shape index (κ3) is 2.96. The molecule has 0 aromatic heterocycles. The van der Waals surface area contributed by atoms with Crippen molar-refractivity contribution in [1.82, 2.24) is 0 Å². The lowest BCUT2D eigenvalue weighted by Gasteiger charge is -2.01. The number of benzene rings is 1. The van der Waals surface area contributed by atoms with Crippen LogP contribution in [-0.2, 0) is 0 Å². The molecular weight excluding hydrogens is 192 g/mol. The lowest BCUT2D eigenvalue weighted by Crippen LogP contribution is -2.24. The Morgan fingerprint density at radius 2 is 1.69 bits per heavy atom. The Balaban J connectivity index is 3.51. The maximum Gasteiger partial charge on any atom is -0.0184 e. The second-order valence-corrected chi connectivity index (χ2v) is 3.82. The summed E-state index contributed by atoms with van der Waals surface area (Å²) in [6.45, 7) is 8.32. The van der Waals surface area contributed by atoms with Gasteiger partial charge in [0.25, 0.3) is 0 Å². The summed E-state index contributed by atoms with van der Waals surface area (Å²) in [7, 11) is 0. The zero-order valence-corrected chi connectivity index (χ0v) is 10.6. The number of rotatable bonds is 2. The van der Waals surface area contributed by atoms with Gasteiger partial charge in [-0.25, -0.2) is 0 Å². The molecule has 0 fully saturated rings. The molecule has 1 rings (SSSR count). The van der Waals surface area contributed by atoms with Gasteiger partial charge in [0.2, 0.25) is 0 Å². The van der Waals surface area contributed by atoms with E-state index in [0.29, 0.717) is 0 Å². The highest BCUT2D eigenvalue weighted by molar-refractivity contribution is 5.55. The molecule has 0 saturated heterocycles. The van der Waals surface area contributed by atoms with Crippen molar-refractivity contribution < 1.29 is 0 Å². The van der Waals surface area contributed by atoms with Crippen LogP contribution in [0.15, 0.2) is 30.4 Å². The fraction of sp³-hybridized carbons (Fsp3) is 0.250. The van der Waals surface area contributed by atoms with Crippen LogP contribution < -0.4 is 10.4 Å². The molecule has 84 valence electrons. The van der Waals surface area contributed by atoms with E-state index in [0.717, 1.165) is 0 Å². The predicted octanol–water partition coefficient (Wildman–Crippen LogP) is 3.19. The Kier molecular flexibility index (Phi) is 4.78. The van der Waals surface area contributed by atoms with E-state index in [-0.39, 0.29) is 0 Å². The van der Waals surface area contributed by atoms with Crippen molar-refractivity contribution in [3.8, 4) is 0 Å². The van der Waals surface area contributed by atoms with Crippen molar-refractivity contribution in [2.75, 3.05) is 0 Å². The predicted molar refractivity (Wildman–Crippen MR) is 74.6 cm³/mol. The molecule has 1 aromatic rings. The third-order valence-corrected chi connectivity index (χ3v) is 2.60. The zero-order chi connectivity index (χ0) is 12.0. The SMILES string of the molecule is C\C=C/C=c1/cc(C)c(/C=C\C)c/c1=C/C. The third-order valence-electron chi connectivity index (χ3n) is 2.60. The quantitative estimate of drug-likeness (QED) is 0.706. The van der Waals surface area contributed by atoms with Gasteiger partial charge in [-0.1, -0.05) is 42.5 Å². The van der Waals surface area contributed by atoms with Crippen LogP contribution in [0.3, 0.4) is 0 Å². The molecule has 0 N–H and O–H groups in total. The van der Waals surface area contributed by atoms with Gasteiger partial charge in [-0.2, -0.15) is 0 Å². The second-order valence-electron chi connectivity index (χ2n) is 3.82. The van der Waals surface area contributed by atoms with Crippen LogP contribution in [0.1, 0.15) is 31.9 Å². The maximum atomic E-state index is 2.24. The highest BCUT2D eigenvalue weighted by Gasteiger charge is 1.94. The topological polar surface area (TPSA) is 0 Å². The van der Waals surface area contributed by atoms with E-state index in [1.54, 1.807) is 0 Å². The first-order valence-corrected chi connectivity index (χ1v) is 5.75. The number of hydrogen-bond acceptors (Lipinski definition) is 0. The van der Waals surface area contributed by atoms with Crippen molar-refractivity contribution in [3.63, 3.8) is 0 Å². The number of aryl methyl sites for hydroxylation is 1. The van der Waals surface area contributed by atoms with Crippen LogP contribution in [0.2, 0.25) is 0 Å². The van der Waals surface area contributed by atoms with Crippen molar-refractivity contribution in [2.24, 2.45) is 0 Å². The van der Waals surface area contributed by atoms with E-state index in [1.165, 1.54) is 21.6 Å². The van der Waals surface area contributed by atoms with E-state index in [4.69, 9.17) is 0 Å². The molecule has 0 aliphatic rings. The van der Waals surface area contributed by atoms with Crippen LogP contribution in [0.25, 0.3) is 18.2 Å². The summed E-state index contributed by atoms with van der Waals surface area (Å²) < 4.78 is 0. The van der Waals surface area contributed by atoms with Gasteiger partial charge in [-0.15, -0.1) is 0 Å². The maximum absolute atomic E-state index is 2.24. The van der Waals surface area contributed by atoms with E-state index in [9.17, 15) is 0 Å². The molecule has 0 aliphatic carbocycles. The molecule has 0 unspecified atom stereocenters. The normalized spacial score (nSPS) is 14.5. The lowest BCUT2D eigenvalue weighted by atomic mass is 10.0. The van der Waals surface area contributed by atoms with Crippen molar-refractivity contribution in [2.45, 2.75) is 27.7 Å². The second kappa shape index (κ2) is 6.12.